The summed E-state index contributed by atoms with van der Waals surface area (Å²) >= 11 is 0. The minimum Gasteiger partial charge on any atom is -0.390 e. The summed E-state index contributed by atoms with van der Waals surface area (Å²) in [6, 6.07) is 0. The largest absolute Gasteiger partial charge is 0.390 e. The number of hydrogen-bond donors (Lipinski definition) is 2. The van der Waals surface area contributed by atoms with Crippen molar-refractivity contribution in [1.82, 2.24) is 0 Å². The van der Waals surface area contributed by atoms with Gasteiger partial charge in [-0.15, -0.1) is 0 Å². The molecular weight excluding hydrogens is 150 g/mol. The van der Waals surface area contributed by atoms with E-state index in [1.807, 2.05) is 13.8 Å². The molecule has 1 rings (SSSR count). The van der Waals surface area contributed by atoms with E-state index in [9.17, 15) is 5.11 Å². The Labute approximate surface area is 74.5 Å². The van der Waals surface area contributed by atoms with Crippen LogP contribution in [-0.2, 0) is 0 Å². The lowest BCUT2D eigenvalue weighted by Gasteiger charge is -2.31. The highest BCUT2D eigenvalue weighted by atomic mass is 16.3. The molecule has 0 aromatic carbocycles. The van der Waals surface area contributed by atoms with Gasteiger partial charge >= 0.3 is 0 Å². The van der Waals surface area contributed by atoms with Crippen LogP contribution in [0.25, 0.3) is 0 Å². The van der Waals surface area contributed by atoms with Gasteiger partial charge in [0.25, 0.3) is 0 Å². The SMILES string of the molecule is CC(C)(O)[C@@H]1CC=C(CN)CC1. The smallest absolute Gasteiger partial charge is 0.0622 e. The standard InChI is InChI=1S/C10H19NO/c1-10(2,12)9-5-3-8(7-11)4-6-9/h3,9,12H,4-7,11H2,1-2H3/t9-/m1/s1. The van der Waals surface area contributed by atoms with E-state index in [2.05, 4.69) is 6.08 Å². The second-order valence-corrected chi connectivity index (χ2v) is 4.19. The molecule has 0 bridgehead atoms. The van der Waals surface area contributed by atoms with E-state index in [0.717, 1.165) is 19.3 Å². The normalized spacial score (nSPS) is 25.3. The Morgan fingerprint density at radius 1 is 1.67 bits per heavy atom. The van der Waals surface area contributed by atoms with Crippen molar-refractivity contribution < 1.29 is 5.11 Å². The molecule has 0 heterocycles. The van der Waals surface area contributed by atoms with Crippen molar-refractivity contribution in [3.05, 3.63) is 11.6 Å². The Morgan fingerprint density at radius 2 is 2.33 bits per heavy atom. The lowest BCUT2D eigenvalue weighted by molar-refractivity contribution is 0.0126. The average Bonchev–Trinajstić information content (AvgIpc) is 2.03. The summed E-state index contributed by atoms with van der Waals surface area (Å²) < 4.78 is 0. The summed E-state index contributed by atoms with van der Waals surface area (Å²) in [5.74, 6) is 0.410. The fourth-order valence-corrected chi connectivity index (χ4v) is 1.72. The van der Waals surface area contributed by atoms with Crippen LogP contribution in [0.4, 0.5) is 0 Å². The molecule has 0 aromatic rings. The van der Waals surface area contributed by atoms with Gasteiger partial charge in [-0.05, 0) is 39.0 Å². The molecule has 0 saturated carbocycles. The Balaban J connectivity index is 2.52. The van der Waals surface area contributed by atoms with Crippen molar-refractivity contribution in [3.63, 3.8) is 0 Å². The second kappa shape index (κ2) is 3.58. The number of allylic oxidation sites excluding steroid dienone is 1. The number of rotatable bonds is 2. The molecule has 1 aliphatic carbocycles. The fraction of sp³-hybridized carbons (Fsp3) is 0.800. The maximum atomic E-state index is 9.74. The zero-order chi connectivity index (χ0) is 9.19. The van der Waals surface area contributed by atoms with E-state index in [-0.39, 0.29) is 0 Å². The molecule has 0 fully saturated rings. The summed E-state index contributed by atoms with van der Waals surface area (Å²) in [6.45, 7) is 4.45. The van der Waals surface area contributed by atoms with Gasteiger partial charge in [0.2, 0.25) is 0 Å². The van der Waals surface area contributed by atoms with Crippen LogP contribution in [0.2, 0.25) is 0 Å². The molecule has 1 atom stereocenters. The Morgan fingerprint density at radius 3 is 2.67 bits per heavy atom. The first-order valence-electron chi connectivity index (χ1n) is 4.64. The predicted molar refractivity (Wildman–Crippen MR) is 50.8 cm³/mol. The molecule has 70 valence electrons. The quantitative estimate of drug-likeness (QED) is 0.614. The highest BCUT2D eigenvalue weighted by Crippen LogP contribution is 2.31. The molecule has 3 N–H and O–H groups in total. The van der Waals surface area contributed by atoms with Crippen molar-refractivity contribution in [1.29, 1.82) is 0 Å². The third-order valence-electron chi connectivity index (χ3n) is 2.77. The molecule has 2 nitrogen and oxygen atoms in total. The predicted octanol–water partition coefficient (Wildman–Crippen LogP) is 1.44. The van der Waals surface area contributed by atoms with E-state index in [4.69, 9.17) is 5.73 Å². The molecule has 0 spiro atoms. The monoisotopic (exact) mass is 169 g/mol. The number of aliphatic hydroxyl groups is 1. The molecule has 2 heteroatoms. The van der Waals surface area contributed by atoms with E-state index in [1.165, 1.54) is 5.57 Å². The number of hydrogen-bond acceptors (Lipinski definition) is 2. The van der Waals surface area contributed by atoms with Gasteiger partial charge < -0.3 is 10.8 Å². The maximum absolute atomic E-state index is 9.74. The van der Waals surface area contributed by atoms with Crippen LogP contribution in [0.5, 0.6) is 0 Å². The van der Waals surface area contributed by atoms with Gasteiger partial charge in [-0.1, -0.05) is 11.6 Å². The van der Waals surface area contributed by atoms with Crippen molar-refractivity contribution in [2.45, 2.75) is 38.7 Å². The summed E-state index contributed by atoms with van der Waals surface area (Å²) in [4.78, 5) is 0. The molecule has 0 amide bonds. The highest BCUT2D eigenvalue weighted by molar-refractivity contribution is 5.09. The highest BCUT2D eigenvalue weighted by Gasteiger charge is 2.27. The average molecular weight is 169 g/mol. The molecule has 12 heavy (non-hydrogen) atoms. The summed E-state index contributed by atoms with van der Waals surface area (Å²) in [7, 11) is 0. The van der Waals surface area contributed by atoms with Crippen LogP contribution >= 0.6 is 0 Å². The Bertz CT molecular complexity index is 179. The zero-order valence-corrected chi connectivity index (χ0v) is 8.01. The van der Waals surface area contributed by atoms with Gasteiger partial charge in [-0.2, -0.15) is 0 Å². The topological polar surface area (TPSA) is 46.2 Å². The third-order valence-corrected chi connectivity index (χ3v) is 2.77. The van der Waals surface area contributed by atoms with E-state index < -0.39 is 5.60 Å². The van der Waals surface area contributed by atoms with Crippen molar-refractivity contribution >= 4 is 0 Å². The van der Waals surface area contributed by atoms with Crippen LogP contribution in [0.1, 0.15) is 33.1 Å². The fourth-order valence-electron chi connectivity index (χ4n) is 1.72. The first-order chi connectivity index (χ1) is 5.54. The van der Waals surface area contributed by atoms with Gasteiger partial charge in [0.1, 0.15) is 0 Å². The molecule has 0 unspecified atom stereocenters. The summed E-state index contributed by atoms with van der Waals surface area (Å²) in [5.41, 5.74) is 6.34. The van der Waals surface area contributed by atoms with Crippen LogP contribution < -0.4 is 5.73 Å². The molecule has 1 aliphatic rings. The Hall–Kier alpha value is -0.340. The zero-order valence-electron chi connectivity index (χ0n) is 8.01. The summed E-state index contributed by atoms with van der Waals surface area (Å²) in [6.07, 6.45) is 5.31. The van der Waals surface area contributed by atoms with Crippen LogP contribution in [-0.4, -0.2) is 17.3 Å². The Kier molecular flexibility index (Phi) is 2.91. The number of nitrogens with two attached hydrogens (primary N) is 1. The van der Waals surface area contributed by atoms with Crippen LogP contribution in [0.3, 0.4) is 0 Å². The van der Waals surface area contributed by atoms with Gasteiger partial charge in [0.15, 0.2) is 0 Å². The molecule has 0 aromatic heterocycles. The third kappa shape index (κ3) is 2.32. The van der Waals surface area contributed by atoms with E-state index >= 15 is 0 Å². The van der Waals surface area contributed by atoms with Gasteiger partial charge in [0.05, 0.1) is 5.60 Å². The molecular formula is C10H19NO. The van der Waals surface area contributed by atoms with E-state index in [0.29, 0.717) is 12.5 Å². The summed E-state index contributed by atoms with van der Waals surface area (Å²) in [5, 5.41) is 9.74. The van der Waals surface area contributed by atoms with Gasteiger partial charge in [0, 0.05) is 6.54 Å². The maximum Gasteiger partial charge on any atom is 0.0622 e. The first-order valence-corrected chi connectivity index (χ1v) is 4.64. The minimum absolute atomic E-state index is 0.410. The minimum atomic E-state index is -0.531. The lowest BCUT2D eigenvalue weighted by atomic mass is 9.79. The van der Waals surface area contributed by atoms with Gasteiger partial charge in [-0.25, -0.2) is 0 Å². The molecule has 0 radical (unpaired) electrons. The van der Waals surface area contributed by atoms with Crippen molar-refractivity contribution in [2.75, 3.05) is 6.54 Å². The van der Waals surface area contributed by atoms with E-state index in [1.54, 1.807) is 0 Å². The molecule has 0 saturated heterocycles. The first kappa shape index (κ1) is 9.75. The second-order valence-electron chi connectivity index (χ2n) is 4.19. The van der Waals surface area contributed by atoms with Gasteiger partial charge in [-0.3, -0.25) is 0 Å². The van der Waals surface area contributed by atoms with Crippen molar-refractivity contribution in [3.8, 4) is 0 Å². The van der Waals surface area contributed by atoms with Crippen molar-refractivity contribution in [2.24, 2.45) is 11.7 Å². The van der Waals surface area contributed by atoms with Crippen LogP contribution in [0.15, 0.2) is 11.6 Å². The lowest BCUT2D eigenvalue weighted by Crippen LogP contribution is -2.32. The molecule has 0 aliphatic heterocycles. The van der Waals surface area contributed by atoms with Crippen LogP contribution in [0, 0.1) is 5.92 Å².